The number of hydrogen-bond acceptors (Lipinski definition) is 4. The predicted octanol–water partition coefficient (Wildman–Crippen LogP) is 1.75. The van der Waals surface area contributed by atoms with Gasteiger partial charge in [-0.2, -0.15) is 4.98 Å². The van der Waals surface area contributed by atoms with Gasteiger partial charge in [-0.1, -0.05) is 13.8 Å². The van der Waals surface area contributed by atoms with E-state index >= 15 is 0 Å². The van der Waals surface area contributed by atoms with Crippen LogP contribution in [0.2, 0.25) is 0 Å². The molecule has 0 saturated heterocycles. The zero-order valence-electron chi connectivity index (χ0n) is 11.6. The lowest BCUT2D eigenvalue weighted by molar-refractivity contribution is -0.0218. The Morgan fingerprint density at radius 3 is 2.78 bits per heavy atom. The van der Waals surface area contributed by atoms with Gasteiger partial charge in [0.15, 0.2) is 0 Å². The highest BCUT2D eigenvalue weighted by Gasteiger charge is 2.39. The minimum atomic E-state index is -0.0225. The molecule has 1 heterocycles. The van der Waals surface area contributed by atoms with E-state index in [9.17, 15) is 0 Å². The highest BCUT2D eigenvalue weighted by molar-refractivity contribution is 4.99. The summed E-state index contributed by atoms with van der Waals surface area (Å²) in [5, 5.41) is 7.67. The zero-order valence-corrected chi connectivity index (χ0v) is 11.6. The Kier molecular flexibility index (Phi) is 4.22. The molecule has 2 rings (SSSR count). The maximum Gasteiger partial charge on any atom is 0.335 e. The molecular formula is C13H24N4O. The van der Waals surface area contributed by atoms with E-state index < -0.39 is 0 Å². The van der Waals surface area contributed by atoms with E-state index in [1.165, 1.54) is 6.42 Å². The van der Waals surface area contributed by atoms with Crippen LogP contribution in [0.5, 0.6) is 6.01 Å². The van der Waals surface area contributed by atoms with Crippen molar-refractivity contribution in [2.24, 2.45) is 13.0 Å². The molecule has 5 heteroatoms. The number of nitrogens with one attached hydrogen (secondary N) is 1. The number of aryl methyl sites for hydroxylation is 1. The monoisotopic (exact) mass is 252 g/mol. The van der Waals surface area contributed by atoms with E-state index in [0.717, 1.165) is 32.4 Å². The molecule has 0 unspecified atom stereocenters. The molecule has 0 radical (unpaired) electrons. The summed E-state index contributed by atoms with van der Waals surface area (Å²) in [6, 6.07) is 0.515. The third-order valence-corrected chi connectivity index (χ3v) is 3.46. The van der Waals surface area contributed by atoms with Gasteiger partial charge in [0.25, 0.3) is 0 Å². The van der Waals surface area contributed by atoms with Crippen LogP contribution >= 0.6 is 0 Å². The summed E-state index contributed by atoms with van der Waals surface area (Å²) < 4.78 is 7.66. The normalized spacial score (nSPS) is 17.8. The average Bonchev–Trinajstić information content (AvgIpc) is 2.66. The Labute approximate surface area is 109 Å². The molecule has 0 atom stereocenters. The molecule has 1 aliphatic rings. The summed E-state index contributed by atoms with van der Waals surface area (Å²) in [5.74, 6) is 0.695. The number of hydrogen-bond donors (Lipinski definition) is 1. The molecule has 0 spiro atoms. The summed E-state index contributed by atoms with van der Waals surface area (Å²) in [5.41, 5.74) is -0.0225. The second-order valence-corrected chi connectivity index (χ2v) is 5.69. The van der Waals surface area contributed by atoms with Gasteiger partial charge in [0.05, 0.1) is 0 Å². The van der Waals surface area contributed by atoms with E-state index in [-0.39, 0.29) is 5.60 Å². The molecule has 1 N–H and O–H groups in total. The van der Waals surface area contributed by atoms with Gasteiger partial charge in [-0.3, -0.25) is 4.68 Å². The number of nitrogens with zero attached hydrogens (tertiary/aromatic N) is 3. The third-order valence-electron chi connectivity index (χ3n) is 3.46. The van der Waals surface area contributed by atoms with Crippen molar-refractivity contribution in [1.29, 1.82) is 0 Å². The largest absolute Gasteiger partial charge is 0.456 e. The Hall–Kier alpha value is -1.10. The van der Waals surface area contributed by atoms with E-state index in [1.807, 2.05) is 7.05 Å². The molecule has 0 bridgehead atoms. The fourth-order valence-electron chi connectivity index (χ4n) is 2.24. The minimum Gasteiger partial charge on any atom is -0.456 e. The van der Waals surface area contributed by atoms with Gasteiger partial charge in [-0.25, -0.2) is 0 Å². The number of aromatic nitrogens is 3. The first kappa shape index (κ1) is 13.3. The van der Waals surface area contributed by atoms with Crippen molar-refractivity contribution in [1.82, 2.24) is 20.1 Å². The van der Waals surface area contributed by atoms with Crippen molar-refractivity contribution in [2.75, 3.05) is 13.1 Å². The highest BCUT2D eigenvalue weighted by Crippen LogP contribution is 2.38. The molecule has 102 valence electrons. The Bertz CT molecular complexity index is 371. The molecule has 1 aromatic heterocycles. The smallest absolute Gasteiger partial charge is 0.335 e. The van der Waals surface area contributed by atoms with Gasteiger partial charge in [-0.15, -0.1) is 5.10 Å². The minimum absolute atomic E-state index is 0.0225. The lowest BCUT2D eigenvalue weighted by Crippen LogP contribution is -2.45. The first-order valence-corrected chi connectivity index (χ1v) is 6.85. The van der Waals surface area contributed by atoms with Gasteiger partial charge < -0.3 is 10.1 Å². The lowest BCUT2D eigenvalue weighted by Gasteiger charge is -2.40. The van der Waals surface area contributed by atoms with Crippen molar-refractivity contribution in [3.63, 3.8) is 0 Å². The van der Waals surface area contributed by atoms with Crippen molar-refractivity contribution in [3.8, 4) is 6.01 Å². The Balaban J connectivity index is 1.79. The van der Waals surface area contributed by atoms with Gasteiger partial charge in [0.2, 0.25) is 0 Å². The van der Waals surface area contributed by atoms with Gasteiger partial charge in [0, 0.05) is 7.05 Å². The molecule has 0 aliphatic heterocycles. The van der Waals surface area contributed by atoms with Crippen LogP contribution < -0.4 is 10.1 Å². The van der Waals surface area contributed by atoms with Crippen LogP contribution in [0.25, 0.3) is 0 Å². The first-order valence-electron chi connectivity index (χ1n) is 6.85. The van der Waals surface area contributed by atoms with Crippen LogP contribution in [0.3, 0.4) is 0 Å². The molecule has 5 nitrogen and oxygen atoms in total. The van der Waals surface area contributed by atoms with Crippen LogP contribution in [0.4, 0.5) is 0 Å². The summed E-state index contributed by atoms with van der Waals surface area (Å²) in [6.07, 6.45) is 6.21. The van der Waals surface area contributed by atoms with Crippen molar-refractivity contribution in [2.45, 2.75) is 45.1 Å². The molecule has 1 fully saturated rings. The van der Waals surface area contributed by atoms with Crippen molar-refractivity contribution < 1.29 is 4.74 Å². The molecule has 18 heavy (non-hydrogen) atoms. The average molecular weight is 252 g/mol. The van der Waals surface area contributed by atoms with E-state index in [4.69, 9.17) is 4.74 Å². The van der Waals surface area contributed by atoms with E-state index in [2.05, 4.69) is 29.2 Å². The fourth-order valence-corrected chi connectivity index (χ4v) is 2.24. The second kappa shape index (κ2) is 5.69. The molecule has 1 aromatic rings. The zero-order chi connectivity index (χ0) is 13.0. The van der Waals surface area contributed by atoms with Crippen LogP contribution in [-0.2, 0) is 7.05 Å². The summed E-state index contributed by atoms with van der Waals surface area (Å²) in [6.45, 7) is 6.52. The molecule has 0 amide bonds. The predicted molar refractivity (Wildman–Crippen MR) is 70.5 cm³/mol. The van der Waals surface area contributed by atoms with Gasteiger partial charge >= 0.3 is 6.01 Å². The van der Waals surface area contributed by atoms with Gasteiger partial charge in [-0.05, 0) is 44.7 Å². The van der Waals surface area contributed by atoms with Crippen LogP contribution in [0, 0.1) is 5.92 Å². The van der Waals surface area contributed by atoms with E-state index in [1.54, 1.807) is 11.0 Å². The topological polar surface area (TPSA) is 52.0 Å². The number of ether oxygens (including phenoxy) is 1. The van der Waals surface area contributed by atoms with Crippen molar-refractivity contribution in [3.05, 3.63) is 6.33 Å². The third kappa shape index (κ3) is 3.45. The maximum absolute atomic E-state index is 5.98. The Morgan fingerprint density at radius 2 is 2.28 bits per heavy atom. The number of rotatable bonds is 7. The maximum atomic E-state index is 5.98. The summed E-state index contributed by atoms with van der Waals surface area (Å²) >= 11 is 0. The van der Waals surface area contributed by atoms with Gasteiger partial charge in [0.1, 0.15) is 11.9 Å². The summed E-state index contributed by atoms with van der Waals surface area (Å²) in [7, 11) is 1.86. The second-order valence-electron chi connectivity index (χ2n) is 5.69. The standard InChI is InChI=1S/C13H24N4O/c1-11(2)9-14-8-7-13(5-4-6-13)18-12-15-10-17(3)16-12/h10-11,14H,4-9H2,1-3H3. The molecular weight excluding hydrogens is 228 g/mol. The highest BCUT2D eigenvalue weighted by atomic mass is 16.5. The first-order chi connectivity index (χ1) is 8.60. The van der Waals surface area contributed by atoms with E-state index in [0.29, 0.717) is 11.9 Å². The SMILES string of the molecule is CC(C)CNCCC1(Oc2ncn(C)n2)CCC1. The fraction of sp³-hybridized carbons (Fsp3) is 0.846. The Morgan fingerprint density at radius 1 is 1.50 bits per heavy atom. The van der Waals surface area contributed by atoms with Crippen molar-refractivity contribution >= 4 is 0 Å². The molecule has 1 aliphatic carbocycles. The van der Waals surface area contributed by atoms with Crippen LogP contribution in [0.1, 0.15) is 39.5 Å². The molecule has 0 aromatic carbocycles. The summed E-state index contributed by atoms with van der Waals surface area (Å²) in [4.78, 5) is 4.15. The quantitative estimate of drug-likeness (QED) is 0.751. The van der Waals surface area contributed by atoms with Crippen LogP contribution in [-0.4, -0.2) is 33.5 Å². The van der Waals surface area contributed by atoms with Crippen LogP contribution in [0.15, 0.2) is 6.33 Å². The molecule has 1 saturated carbocycles. The lowest BCUT2D eigenvalue weighted by atomic mass is 9.77.